The number of nitrogens with zero attached hydrogens (tertiary/aromatic N) is 2. The van der Waals surface area contributed by atoms with Gasteiger partial charge in [-0.1, -0.05) is 65.1 Å². The third-order valence-electron chi connectivity index (χ3n) is 2.71. The molecule has 2 aromatic carbocycles. The van der Waals surface area contributed by atoms with Gasteiger partial charge in [-0.3, -0.25) is 0 Å². The smallest absolute Gasteiger partial charge is 0.156 e. The number of halogens is 3. The molecule has 0 radical (unpaired) electrons. The van der Waals surface area contributed by atoms with Crippen LogP contribution < -0.4 is 0 Å². The largest absolute Gasteiger partial charge is 0.243 e. The van der Waals surface area contributed by atoms with Gasteiger partial charge in [0.15, 0.2) is 5.15 Å². The highest BCUT2D eigenvalue weighted by Gasteiger charge is 2.10. The number of fused-ring (bicyclic) bond motifs is 1. The van der Waals surface area contributed by atoms with Crippen molar-refractivity contribution in [1.29, 1.82) is 0 Å². The molecule has 0 unspecified atom stereocenters. The molecule has 0 fully saturated rings. The van der Waals surface area contributed by atoms with Crippen LogP contribution in [-0.2, 0) is 0 Å². The average molecular weight is 310 g/mol. The van der Waals surface area contributed by atoms with E-state index in [0.717, 1.165) is 5.56 Å². The second kappa shape index (κ2) is 4.97. The zero-order valence-electron chi connectivity index (χ0n) is 9.57. The molecule has 0 saturated heterocycles. The van der Waals surface area contributed by atoms with Gasteiger partial charge >= 0.3 is 0 Å². The molecule has 0 atom stereocenters. The highest BCUT2D eigenvalue weighted by atomic mass is 35.5. The molecular formula is C14H7Cl3N2. The summed E-state index contributed by atoms with van der Waals surface area (Å²) in [5, 5.41) is 1.23. The monoisotopic (exact) mass is 308 g/mol. The normalized spacial score (nSPS) is 10.9. The minimum atomic E-state index is 0.345. The number of aromatic nitrogens is 2. The minimum absolute atomic E-state index is 0.345. The first kappa shape index (κ1) is 12.7. The maximum Gasteiger partial charge on any atom is 0.156 e. The molecule has 94 valence electrons. The SMILES string of the molecule is Clc1cc2nc(Cl)c(-c3ccccc3)nc2cc1Cl. The van der Waals surface area contributed by atoms with E-state index in [4.69, 9.17) is 34.8 Å². The molecule has 0 N–H and O–H groups in total. The van der Waals surface area contributed by atoms with Crippen LogP contribution in [0.4, 0.5) is 0 Å². The third-order valence-corrected chi connectivity index (χ3v) is 3.70. The highest BCUT2D eigenvalue weighted by molar-refractivity contribution is 6.42. The molecule has 0 aliphatic rings. The molecular weight excluding hydrogens is 303 g/mol. The zero-order valence-corrected chi connectivity index (χ0v) is 11.8. The van der Waals surface area contributed by atoms with Gasteiger partial charge in [0, 0.05) is 5.56 Å². The summed E-state index contributed by atoms with van der Waals surface area (Å²) in [6, 6.07) is 13.0. The molecule has 0 amide bonds. The van der Waals surface area contributed by atoms with E-state index in [2.05, 4.69) is 9.97 Å². The topological polar surface area (TPSA) is 25.8 Å². The van der Waals surface area contributed by atoms with Crippen LogP contribution in [0.25, 0.3) is 22.3 Å². The Bertz CT molecular complexity index is 757. The Balaban J connectivity index is 2.27. The molecule has 0 saturated carbocycles. The van der Waals surface area contributed by atoms with Crippen molar-refractivity contribution in [2.24, 2.45) is 0 Å². The second-order valence-electron chi connectivity index (χ2n) is 3.98. The van der Waals surface area contributed by atoms with Gasteiger partial charge in [-0.05, 0) is 12.1 Å². The summed E-state index contributed by atoms with van der Waals surface area (Å²) in [6.45, 7) is 0. The summed E-state index contributed by atoms with van der Waals surface area (Å²) < 4.78 is 0. The van der Waals surface area contributed by atoms with Crippen LogP contribution in [-0.4, -0.2) is 9.97 Å². The Labute approximate surface area is 125 Å². The fourth-order valence-electron chi connectivity index (χ4n) is 1.81. The summed E-state index contributed by atoms with van der Waals surface area (Å²) in [7, 11) is 0. The summed E-state index contributed by atoms with van der Waals surface area (Å²) >= 11 is 18.1. The van der Waals surface area contributed by atoms with E-state index >= 15 is 0 Å². The molecule has 1 aromatic heterocycles. The van der Waals surface area contributed by atoms with Crippen LogP contribution in [0.2, 0.25) is 15.2 Å². The van der Waals surface area contributed by atoms with Crippen LogP contribution in [0.1, 0.15) is 0 Å². The van der Waals surface area contributed by atoms with E-state index in [1.54, 1.807) is 12.1 Å². The average Bonchev–Trinajstić information content (AvgIpc) is 2.41. The quantitative estimate of drug-likeness (QED) is 0.613. The van der Waals surface area contributed by atoms with Crippen LogP contribution in [0.5, 0.6) is 0 Å². The number of rotatable bonds is 1. The first-order chi connectivity index (χ1) is 9.15. The minimum Gasteiger partial charge on any atom is -0.243 e. The Morgan fingerprint density at radius 3 is 1.95 bits per heavy atom. The Kier molecular flexibility index (Phi) is 3.31. The second-order valence-corrected chi connectivity index (χ2v) is 5.16. The van der Waals surface area contributed by atoms with Gasteiger partial charge in [0.2, 0.25) is 0 Å². The van der Waals surface area contributed by atoms with E-state index < -0.39 is 0 Å². The standard InChI is InChI=1S/C14H7Cl3N2/c15-9-6-11-12(7-10(9)16)19-14(17)13(18-11)8-4-2-1-3-5-8/h1-7H. The van der Waals surface area contributed by atoms with Crippen LogP contribution in [0.15, 0.2) is 42.5 Å². The number of hydrogen-bond acceptors (Lipinski definition) is 2. The van der Waals surface area contributed by atoms with Crippen LogP contribution in [0.3, 0.4) is 0 Å². The predicted molar refractivity (Wildman–Crippen MR) is 80.0 cm³/mol. The van der Waals surface area contributed by atoms with Crippen molar-refractivity contribution < 1.29 is 0 Å². The predicted octanol–water partition coefficient (Wildman–Crippen LogP) is 5.26. The molecule has 5 heteroatoms. The number of benzene rings is 2. The van der Waals surface area contributed by atoms with Gasteiger partial charge in [-0.2, -0.15) is 0 Å². The first-order valence-electron chi connectivity index (χ1n) is 5.53. The fourth-order valence-corrected chi connectivity index (χ4v) is 2.37. The molecule has 0 spiro atoms. The lowest BCUT2D eigenvalue weighted by molar-refractivity contribution is 1.29. The molecule has 3 rings (SSSR count). The van der Waals surface area contributed by atoms with Gasteiger partial charge in [-0.15, -0.1) is 0 Å². The van der Waals surface area contributed by atoms with Crippen molar-refractivity contribution in [3.8, 4) is 11.3 Å². The van der Waals surface area contributed by atoms with E-state index in [9.17, 15) is 0 Å². The van der Waals surface area contributed by atoms with Crippen molar-refractivity contribution in [3.05, 3.63) is 57.7 Å². The van der Waals surface area contributed by atoms with Crippen molar-refractivity contribution in [2.45, 2.75) is 0 Å². The molecule has 0 bridgehead atoms. The Morgan fingerprint density at radius 2 is 1.32 bits per heavy atom. The fraction of sp³-hybridized carbons (Fsp3) is 0. The summed E-state index contributed by atoms with van der Waals surface area (Å²) in [5.74, 6) is 0. The van der Waals surface area contributed by atoms with Gasteiger partial charge in [-0.25, -0.2) is 9.97 Å². The third kappa shape index (κ3) is 2.39. The van der Waals surface area contributed by atoms with Crippen LogP contribution >= 0.6 is 34.8 Å². The lowest BCUT2D eigenvalue weighted by Crippen LogP contribution is -1.91. The molecule has 19 heavy (non-hydrogen) atoms. The molecule has 3 aromatic rings. The number of hydrogen-bond donors (Lipinski definition) is 0. The van der Waals surface area contributed by atoms with E-state index in [1.165, 1.54) is 0 Å². The zero-order chi connectivity index (χ0) is 13.4. The van der Waals surface area contributed by atoms with Crippen molar-refractivity contribution >= 4 is 45.8 Å². The van der Waals surface area contributed by atoms with Gasteiger partial charge < -0.3 is 0 Å². The first-order valence-corrected chi connectivity index (χ1v) is 6.66. The lowest BCUT2D eigenvalue weighted by Gasteiger charge is -2.06. The summed E-state index contributed by atoms with van der Waals surface area (Å²) in [4.78, 5) is 8.82. The lowest BCUT2D eigenvalue weighted by atomic mass is 10.1. The summed E-state index contributed by atoms with van der Waals surface area (Å²) in [6.07, 6.45) is 0. The van der Waals surface area contributed by atoms with Crippen molar-refractivity contribution in [2.75, 3.05) is 0 Å². The van der Waals surface area contributed by atoms with Crippen molar-refractivity contribution in [1.82, 2.24) is 9.97 Å². The van der Waals surface area contributed by atoms with Gasteiger partial charge in [0.25, 0.3) is 0 Å². The Hall–Kier alpha value is -1.35. The Morgan fingerprint density at radius 1 is 0.737 bits per heavy atom. The molecule has 2 nitrogen and oxygen atoms in total. The van der Waals surface area contributed by atoms with Gasteiger partial charge in [0.1, 0.15) is 5.69 Å². The molecule has 0 aliphatic heterocycles. The summed E-state index contributed by atoms with van der Waals surface area (Å²) in [5.41, 5.74) is 2.83. The van der Waals surface area contributed by atoms with E-state index in [1.807, 2.05) is 30.3 Å². The molecule has 0 aliphatic carbocycles. The van der Waals surface area contributed by atoms with E-state index in [0.29, 0.717) is 31.9 Å². The maximum absolute atomic E-state index is 6.18. The molecule has 1 heterocycles. The van der Waals surface area contributed by atoms with Gasteiger partial charge in [0.05, 0.1) is 21.1 Å². The van der Waals surface area contributed by atoms with Crippen LogP contribution in [0, 0.1) is 0 Å². The highest BCUT2D eigenvalue weighted by Crippen LogP contribution is 2.30. The van der Waals surface area contributed by atoms with E-state index in [-0.39, 0.29) is 0 Å². The van der Waals surface area contributed by atoms with Crippen molar-refractivity contribution in [3.63, 3.8) is 0 Å². The maximum atomic E-state index is 6.18.